The maximum atomic E-state index is 2.24. The van der Waals surface area contributed by atoms with Crippen molar-refractivity contribution in [2.75, 3.05) is 0 Å². The van der Waals surface area contributed by atoms with Crippen LogP contribution in [0.4, 0.5) is 0 Å². The summed E-state index contributed by atoms with van der Waals surface area (Å²) in [5.74, 6) is 0.632. The first kappa shape index (κ1) is 15.2. The zero-order valence-corrected chi connectivity index (χ0v) is 12.2. The molecule has 2 rings (SSSR count). The van der Waals surface area contributed by atoms with Gasteiger partial charge >= 0.3 is 0 Å². The Kier molecular flexibility index (Phi) is 7.92. The monoisotopic (exact) mass is 236 g/mol. The highest BCUT2D eigenvalue weighted by Crippen LogP contribution is 2.29. The molecule has 0 nitrogen and oxygen atoms in total. The van der Waals surface area contributed by atoms with Gasteiger partial charge < -0.3 is 0 Å². The van der Waals surface area contributed by atoms with E-state index in [1.54, 1.807) is 0 Å². The van der Waals surface area contributed by atoms with Gasteiger partial charge in [-0.25, -0.2) is 0 Å². The largest absolute Gasteiger partial charge is 0.144 e. The Hall–Kier alpha value is -0.820. The maximum absolute atomic E-state index is 2.24. The summed E-state index contributed by atoms with van der Waals surface area (Å²) >= 11 is 1.84. The van der Waals surface area contributed by atoms with Crippen LogP contribution in [-0.2, 0) is 0 Å². The van der Waals surface area contributed by atoms with Gasteiger partial charge in [0.25, 0.3) is 0 Å². The molecule has 0 fully saturated rings. The number of hydrogen-bond acceptors (Lipinski definition) is 1. The van der Waals surface area contributed by atoms with Crippen LogP contribution < -0.4 is 0 Å². The number of benzene rings is 1. The molecule has 0 saturated heterocycles. The van der Waals surface area contributed by atoms with Crippen LogP contribution in [-0.4, -0.2) is 0 Å². The lowest BCUT2D eigenvalue weighted by Gasteiger charge is -2.05. The number of hydrogen-bond donors (Lipinski definition) is 0. The van der Waals surface area contributed by atoms with Crippen molar-refractivity contribution in [2.24, 2.45) is 0 Å². The van der Waals surface area contributed by atoms with E-state index in [9.17, 15) is 0 Å². The molecule has 1 heteroatoms. The average Bonchev–Trinajstić information content (AvgIpc) is 2.81. The lowest BCUT2D eigenvalue weighted by molar-refractivity contribution is 0.878. The van der Waals surface area contributed by atoms with Crippen LogP contribution in [0.15, 0.2) is 29.6 Å². The molecule has 0 aliphatic heterocycles. The Morgan fingerprint density at radius 2 is 1.56 bits per heavy atom. The van der Waals surface area contributed by atoms with E-state index < -0.39 is 0 Å². The molecule has 0 atom stereocenters. The summed E-state index contributed by atoms with van der Waals surface area (Å²) in [6, 6.07) is 8.73. The molecule has 0 amide bonds. The Balaban J connectivity index is 0.000000509. The molecule has 0 aliphatic rings. The Bertz CT molecular complexity index is 385. The Morgan fingerprint density at radius 3 is 2.12 bits per heavy atom. The lowest BCUT2D eigenvalue weighted by atomic mass is 10.0. The Morgan fingerprint density at radius 1 is 0.938 bits per heavy atom. The molecule has 1 heterocycles. The summed E-state index contributed by atoms with van der Waals surface area (Å²) in [7, 11) is 0. The van der Waals surface area contributed by atoms with Crippen LogP contribution >= 0.6 is 11.3 Å². The minimum Gasteiger partial charge on any atom is -0.144 e. The van der Waals surface area contributed by atoms with Crippen LogP contribution in [0.5, 0.6) is 0 Å². The molecule has 0 bridgehead atoms. The fraction of sp³-hybridized carbons (Fsp3) is 0.467. The zero-order valence-electron chi connectivity index (χ0n) is 11.4. The van der Waals surface area contributed by atoms with E-state index in [-0.39, 0.29) is 0 Å². The van der Waals surface area contributed by atoms with Crippen molar-refractivity contribution in [1.82, 2.24) is 0 Å². The quantitative estimate of drug-likeness (QED) is 0.563. The second-order valence-corrected chi connectivity index (χ2v) is 4.26. The van der Waals surface area contributed by atoms with E-state index in [0.717, 1.165) is 0 Å². The SMILES string of the molecule is CC.CC.CC(C)c1cccc2ccsc12. The molecule has 0 N–H and O–H groups in total. The standard InChI is InChI=1S/C11H12S.2C2H6/c1-8(2)10-5-3-4-9-6-7-12-11(9)10;2*1-2/h3-8H,1-2H3;2*1-2H3. The Labute approximate surface area is 104 Å². The minimum atomic E-state index is 0.632. The van der Waals surface area contributed by atoms with Crippen LogP contribution in [0.1, 0.15) is 53.0 Å². The normalized spacial score (nSPS) is 9.19. The molecule has 1 aromatic carbocycles. The highest BCUT2D eigenvalue weighted by atomic mass is 32.1. The second kappa shape index (κ2) is 8.35. The van der Waals surface area contributed by atoms with Gasteiger partial charge in [-0.3, -0.25) is 0 Å². The van der Waals surface area contributed by atoms with Gasteiger partial charge in [0.15, 0.2) is 0 Å². The molecule has 0 saturated carbocycles. The summed E-state index contributed by atoms with van der Waals surface area (Å²) in [6.07, 6.45) is 0. The van der Waals surface area contributed by atoms with Gasteiger partial charge in [-0.1, -0.05) is 59.7 Å². The highest BCUT2D eigenvalue weighted by molar-refractivity contribution is 7.17. The molecular weight excluding hydrogens is 212 g/mol. The van der Waals surface area contributed by atoms with Crippen molar-refractivity contribution < 1.29 is 0 Å². The van der Waals surface area contributed by atoms with Crippen molar-refractivity contribution in [3.63, 3.8) is 0 Å². The van der Waals surface area contributed by atoms with Gasteiger partial charge in [-0.2, -0.15) is 0 Å². The smallest absolute Gasteiger partial charge is 0.0377 e. The number of fused-ring (bicyclic) bond motifs is 1. The average molecular weight is 236 g/mol. The molecule has 90 valence electrons. The van der Waals surface area contributed by atoms with E-state index in [4.69, 9.17) is 0 Å². The van der Waals surface area contributed by atoms with E-state index in [1.165, 1.54) is 15.6 Å². The number of rotatable bonds is 1. The van der Waals surface area contributed by atoms with Gasteiger partial charge in [0.1, 0.15) is 0 Å². The van der Waals surface area contributed by atoms with Gasteiger partial charge in [-0.05, 0) is 28.3 Å². The van der Waals surface area contributed by atoms with E-state index in [0.29, 0.717) is 5.92 Å². The first-order valence-corrected chi connectivity index (χ1v) is 7.13. The predicted molar refractivity (Wildman–Crippen MR) is 78.6 cm³/mol. The van der Waals surface area contributed by atoms with Crippen LogP contribution in [0, 0.1) is 0 Å². The van der Waals surface area contributed by atoms with Gasteiger partial charge in [0, 0.05) is 4.70 Å². The molecule has 0 unspecified atom stereocenters. The third kappa shape index (κ3) is 3.64. The number of thiophene rings is 1. The first-order valence-electron chi connectivity index (χ1n) is 6.25. The predicted octanol–water partition coefficient (Wildman–Crippen LogP) is 6.08. The third-order valence-electron chi connectivity index (χ3n) is 2.13. The van der Waals surface area contributed by atoms with Crippen molar-refractivity contribution >= 4 is 21.4 Å². The first-order chi connectivity index (χ1) is 7.79. The summed E-state index contributed by atoms with van der Waals surface area (Å²) in [5.41, 5.74) is 1.47. The van der Waals surface area contributed by atoms with Crippen LogP contribution in [0.3, 0.4) is 0 Å². The summed E-state index contributed by atoms with van der Waals surface area (Å²) in [4.78, 5) is 0. The van der Waals surface area contributed by atoms with E-state index in [1.807, 2.05) is 39.0 Å². The molecular formula is C15H24S. The lowest BCUT2D eigenvalue weighted by Crippen LogP contribution is -1.85. The molecule has 2 aromatic rings. The third-order valence-corrected chi connectivity index (χ3v) is 3.11. The van der Waals surface area contributed by atoms with E-state index in [2.05, 4.69) is 43.5 Å². The topological polar surface area (TPSA) is 0 Å². The highest BCUT2D eigenvalue weighted by Gasteiger charge is 2.04. The summed E-state index contributed by atoms with van der Waals surface area (Å²) < 4.78 is 1.45. The van der Waals surface area contributed by atoms with Crippen molar-refractivity contribution in [1.29, 1.82) is 0 Å². The summed E-state index contributed by atoms with van der Waals surface area (Å²) in [5, 5.41) is 3.54. The fourth-order valence-corrected chi connectivity index (χ4v) is 2.53. The molecule has 0 spiro atoms. The molecule has 0 radical (unpaired) electrons. The summed E-state index contributed by atoms with van der Waals surface area (Å²) in [6.45, 7) is 12.5. The van der Waals surface area contributed by atoms with E-state index >= 15 is 0 Å². The maximum Gasteiger partial charge on any atom is 0.0377 e. The van der Waals surface area contributed by atoms with Crippen molar-refractivity contribution in [3.8, 4) is 0 Å². The second-order valence-electron chi connectivity index (χ2n) is 3.34. The molecule has 16 heavy (non-hydrogen) atoms. The van der Waals surface area contributed by atoms with Gasteiger partial charge in [0.05, 0.1) is 0 Å². The minimum absolute atomic E-state index is 0.632. The van der Waals surface area contributed by atoms with Crippen LogP contribution in [0.25, 0.3) is 10.1 Å². The van der Waals surface area contributed by atoms with Crippen molar-refractivity contribution in [2.45, 2.75) is 47.5 Å². The van der Waals surface area contributed by atoms with Gasteiger partial charge in [0.2, 0.25) is 0 Å². The molecule has 1 aromatic heterocycles. The van der Waals surface area contributed by atoms with Crippen LogP contribution in [0.2, 0.25) is 0 Å². The molecule has 0 aliphatic carbocycles. The zero-order chi connectivity index (χ0) is 12.6. The van der Waals surface area contributed by atoms with Gasteiger partial charge in [-0.15, -0.1) is 11.3 Å². The fourth-order valence-electron chi connectivity index (χ4n) is 1.47. The van der Waals surface area contributed by atoms with Crippen molar-refractivity contribution in [3.05, 3.63) is 35.2 Å².